The number of hydrogen-bond acceptors (Lipinski definition) is 3. The van der Waals surface area contributed by atoms with E-state index in [1.165, 1.54) is 0 Å². The lowest BCUT2D eigenvalue weighted by molar-refractivity contribution is -0.131. The van der Waals surface area contributed by atoms with Gasteiger partial charge in [0.2, 0.25) is 0 Å². The first-order valence-electron chi connectivity index (χ1n) is 9.59. The van der Waals surface area contributed by atoms with Crippen LogP contribution < -0.4 is 5.32 Å². The number of nitrogens with one attached hydrogen (secondary N) is 1. The van der Waals surface area contributed by atoms with E-state index in [1.807, 2.05) is 36.4 Å². The van der Waals surface area contributed by atoms with Crippen LogP contribution in [0.5, 0.6) is 0 Å². The minimum absolute atomic E-state index is 0.00533. The van der Waals surface area contributed by atoms with Crippen LogP contribution in [0, 0.1) is 0 Å². The van der Waals surface area contributed by atoms with E-state index in [4.69, 9.17) is 0 Å². The van der Waals surface area contributed by atoms with Gasteiger partial charge in [-0.05, 0) is 34.9 Å². The Bertz CT molecular complexity index is 972. The molecule has 1 unspecified atom stereocenters. The maximum absolute atomic E-state index is 13.1. The highest BCUT2D eigenvalue weighted by Crippen LogP contribution is 2.41. The third kappa shape index (κ3) is 2.82. The molecular formula is C23H24N2O3. The predicted molar refractivity (Wildman–Crippen MR) is 106 cm³/mol. The number of rotatable bonds is 3. The minimum Gasteiger partial charge on any atom is -0.319 e. The molecule has 0 aromatic heterocycles. The zero-order valence-corrected chi connectivity index (χ0v) is 16.4. The highest BCUT2D eigenvalue weighted by Gasteiger charge is 2.55. The number of urea groups is 1. The van der Waals surface area contributed by atoms with Crippen molar-refractivity contribution < 1.29 is 14.4 Å². The molecule has 28 heavy (non-hydrogen) atoms. The number of benzene rings is 2. The highest BCUT2D eigenvalue weighted by molar-refractivity contribution is 6.11. The molecule has 1 spiro atoms. The quantitative estimate of drug-likeness (QED) is 0.658. The first-order chi connectivity index (χ1) is 13.2. The molecule has 144 valence electrons. The molecule has 5 heteroatoms. The molecule has 5 nitrogen and oxygen atoms in total. The van der Waals surface area contributed by atoms with Gasteiger partial charge in [-0.15, -0.1) is 0 Å². The van der Waals surface area contributed by atoms with Crippen molar-refractivity contribution in [3.63, 3.8) is 0 Å². The van der Waals surface area contributed by atoms with E-state index >= 15 is 0 Å². The largest absolute Gasteiger partial charge is 0.325 e. The molecule has 1 atom stereocenters. The fraction of sp³-hybridized carbons (Fsp3) is 0.348. The van der Waals surface area contributed by atoms with Crippen molar-refractivity contribution in [1.29, 1.82) is 0 Å². The lowest BCUT2D eigenvalue weighted by atomic mass is 9.86. The minimum atomic E-state index is -1.02. The second kappa shape index (κ2) is 6.30. The van der Waals surface area contributed by atoms with Crippen LogP contribution in [-0.4, -0.2) is 29.2 Å². The van der Waals surface area contributed by atoms with Crippen LogP contribution in [0.15, 0.2) is 48.5 Å². The lowest BCUT2D eigenvalue weighted by Gasteiger charge is -2.22. The van der Waals surface area contributed by atoms with Gasteiger partial charge in [0.05, 0.1) is 6.54 Å². The third-order valence-corrected chi connectivity index (χ3v) is 5.80. The number of nitrogens with zero attached hydrogens (tertiary/aromatic N) is 1. The molecule has 3 amide bonds. The maximum Gasteiger partial charge on any atom is 0.325 e. The number of amides is 3. The second-order valence-electron chi connectivity index (χ2n) is 8.63. The van der Waals surface area contributed by atoms with Gasteiger partial charge in [0, 0.05) is 5.56 Å². The molecule has 1 heterocycles. The molecule has 0 saturated carbocycles. The third-order valence-electron chi connectivity index (χ3n) is 5.80. The Morgan fingerprint density at radius 3 is 2.43 bits per heavy atom. The SMILES string of the molecule is CC(C)(C)c1ccc(C(=O)CN2C(=O)NC3(CCc4ccccc43)C2=O)cc1. The van der Waals surface area contributed by atoms with E-state index in [9.17, 15) is 14.4 Å². The van der Waals surface area contributed by atoms with Gasteiger partial charge in [0.15, 0.2) is 5.78 Å². The van der Waals surface area contributed by atoms with Crippen molar-refractivity contribution in [1.82, 2.24) is 10.2 Å². The number of carbonyl (C=O) groups excluding carboxylic acids is 3. The number of Topliss-reactive ketones (excluding diaryl/α,β-unsaturated/α-hetero) is 1. The summed E-state index contributed by atoms with van der Waals surface area (Å²) in [6, 6.07) is 14.6. The maximum atomic E-state index is 13.1. The molecule has 2 aromatic rings. The van der Waals surface area contributed by atoms with Crippen LogP contribution in [0.2, 0.25) is 0 Å². The average molecular weight is 376 g/mol. The lowest BCUT2D eigenvalue weighted by Crippen LogP contribution is -2.42. The number of hydrogen-bond donors (Lipinski definition) is 1. The van der Waals surface area contributed by atoms with Gasteiger partial charge in [-0.25, -0.2) is 4.79 Å². The molecule has 0 bridgehead atoms. The van der Waals surface area contributed by atoms with Gasteiger partial charge >= 0.3 is 6.03 Å². The zero-order valence-electron chi connectivity index (χ0n) is 16.4. The fourth-order valence-corrected chi connectivity index (χ4v) is 4.12. The Balaban J connectivity index is 1.55. The summed E-state index contributed by atoms with van der Waals surface area (Å²) in [7, 11) is 0. The van der Waals surface area contributed by atoms with Crippen molar-refractivity contribution in [2.75, 3.05) is 6.54 Å². The first-order valence-corrected chi connectivity index (χ1v) is 9.59. The number of imide groups is 1. The van der Waals surface area contributed by atoms with Crippen LogP contribution in [0.4, 0.5) is 4.79 Å². The van der Waals surface area contributed by atoms with Crippen molar-refractivity contribution in [2.24, 2.45) is 0 Å². The molecule has 1 aliphatic heterocycles. The summed E-state index contributed by atoms with van der Waals surface area (Å²) in [5.41, 5.74) is 2.51. The van der Waals surface area contributed by atoms with Gasteiger partial charge in [0.1, 0.15) is 5.54 Å². The number of aryl methyl sites for hydroxylation is 1. The van der Waals surface area contributed by atoms with Crippen LogP contribution in [-0.2, 0) is 22.2 Å². The number of ketones is 1. The summed E-state index contributed by atoms with van der Waals surface area (Å²) >= 11 is 0. The van der Waals surface area contributed by atoms with Crippen LogP contribution in [0.3, 0.4) is 0 Å². The summed E-state index contributed by atoms with van der Waals surface area (Å²) in [6.07, 6.45) is 1.26. The zero-order chi connectivity index (χ0) is 20.1. The molecule has 1 N–H and O–H groups in total. The van der Waals surface area contributed by atoms with E-state index in [0.717, 1.165) is 28.0 Å². The van der Waals surface area contributed by atoms with Gasteiger partial charge in [-0.1, -0.05) is 69.3 Å². The first kappa shape index (κ1) is 18.4. The van der Waals surface area contributed by atoms with Gasteiger partial charge in [-0.2, -0.15) is 0 Å². The van der Waals surface area contributed by atoms with Crippen molar-refractivity contribution in [2.45, 2.75) is 44.6 Å². The summed E-state index contributed by atoms with van der Waals surface area (Å²) in [5, 5.41) is 2.86. The topological polar surface area (TPSA) is 66.5 Å². The molecule has 0 radical (unpaired) electrons. The average Bonchev–Trinajstić information content (AvgIpc) is 3.15. The van der Waals surface area contributed by atoms with Crippen LogP contribution in [0.1, 0.15) is 54.2 Å². The van der Waals surface area contributed by atoms with Gasteiger partial charge in [0.25, 0.3) is 5.91 Å². The molecule has 1 saturated heterocycles. The summed E-state index contributed by atoms with van der Waals surface area (Å²) in [6.45, 7) is 6.07. The van der Waals surface area contributed by atoms with Crippen molar-refractivity contribution >= 4 is 17.7 Å². The van der Waals surface area contributed by atoms with Crippen molar-refractivity contribution in [3.05, 3.63) is 70.8 Å². The van der Waals surface area contributed by atoms with E-state index < -0.39 is 11.6 Å². The normalized spacial score (nSPS) is 21.2. The Hall–Kier alpha value is -2.95. The Morgan fingerprint density at radius 1 is 1.07 bits per heavy atom. The number of carbonyl (C=O) groups is 3. The molecule has 2 aliphatic rings. The predicted octanol–water partition coefficient (Wildman–Crippen LogP) is 3.56. The summed E-state index contributed by atoms with van der Waals surface area (Å²) in [5.74, 6) is -0.575. The highest BCUT2D eigenvalue weighted by atomic mass is 16.2. The molecule has 2 aromatic carbocycles. The summed E-state index contributed by atoms with van der Waals surface area (Å²) in [4.78, 5) is 39.5. The van der Waals surface area contributed by atoms with Gasteiger partial charge < -0.3 is 5.32 Å². The smallest absolute Gasteiger partial charge is 0.319 e. The van der Waals surface area contributed by atoms with Gasteiger partial charge in [-0.3, -0.25) is 14.5 Å². The Kier molecular flexibility index (Phi) is 4.14. The Labute approximate surface area is 164 Å². The van der Waals surface area contributed by atoms with E-state index in [1.54, 1.807) is 12.1 Å². The van der Waals surface area contributed by atoms with E-state index in [2.05, 4.69) is 26.1 Å². The standard InChI is InChI=1S/C23H24N2O3/c1-22(2,3)17-10-8-16(9-11-17)19(26)14-25-20(27)23(24-21(25)28)13-12-15-6-4-5-7-18(15)23/h4-11H,12-14H2,1-3H3,(H,24,28). The Morgan fingerprint density at radius 2 is 1.75 bits per heavy atom. The van der Waals surface area contributed by atoms with E-state index in [-0.39, 0.29) is 23.7 Å². The van der Waals surface area contributed by atoms with E-state index in [0.29, 0.717) is 12.0 Å². The number of fused-ring (bicyclic) bond motifs is 2. The monoisotopic (exact) mass is 376 g/mol. The van der Waals surface area contributed by atoms with Crippen molar-refractivity contribution in [3.8, 4) is 0 Å². The molecule has 1 fully saturated rings. The van der Waals surface area contributed by atoms with Crippen LogP contribution in [0.25, 0.3) is 0 Å². The molecular weight excluding hydrogens is 352 g/mol. The summed E-state index contributed by atoms with van der Waals surface area (Å²) < 4.78 is 0. The van der Waals surface area contributed by atoms with Crippen LogP contribution >= 0.6 is 0 Å². The molecule has 1 aliphatic carbocycles. The molecule has 4 rings (SSSR count). The second-order valence-corrected chi connectivity index (χ2v) is 8.63. The fourth-order valence-electron chi connectivity index (χ4n) is 4.12.